The Hall–Kier alpha value is -3.54. The lowest BCUT2D eigenvalue weighted by molar-refractivity contribution is 0.429. The van der Waals surface area contributed by atoms with Crippen LogP contribution in [0.1, 0.15) is 16.7 Å². The Morgan fingerprint density at radius 3 is 2.30 bits per heavy atom. The standard InChI is InChI=1S/C21H18N4O2/c1-13-4-6-16(7-5-13)20-22-21(27-24-20)19-18(26)8-9-25(23-19)17-11-14(2)10-15(3)12-17/h4-12H,1-3H3. The molecule has 2 aromatic carbocycles. The second kappa shape index (κ2) is 6.64. The molecule has 6 heteroatoms. The van der Waals surface area contributed by atoms with Crippen LogP contribution in [0, 0.1) is 20.8 Å². The number of aryl methyl sites for hydroxylation is 3. The smallest absolute Gasteiger partial charge is 0.282 e. The molecule has 2 heterocycles. The van der Waals surface area contributed by atoms with Crippen molar-refractivity contribution in [1.29, 1.82) is 0 Å². The first kappa shape index (κ1) is 16.9. The van der Waals surface area contributed by atoms with E-state index in [-0.39, 0.29) is 17.0 Å². The molecular weight excluding hydrogens is 340 g/mol. The monoisotopic (exact) mass is 358 g/mol. The zero-order valence-electron chi connectivity index (χ0n) is 15.3. The molecule has 0 aliphatic rings. The van der Waals surface area contributed by atoms with Crippen LogP contribution < -0.4 is 5.43 Å². The Labute approximate surface area is 156 Å². The van der Waals surface area contributed by atoms with Crippen LogP contribution in [0.4, 0.5) is 0 Å². The van der Waals surface area contributed by atoms with Gasteiger partial charge in [0.2, 0.25) is 11.3 Å². The lowest BCUT2D eigenvalue weighted by Crippen LogP contribution is -2.13. The van der Waals surface area contributed by atoms with Crippen molar-refractivity contribution in [2.45, 2.75) is 20.8 Å². The average molecular weight is 358 g/mol. The van der Waals surface area contributed by atoms with E-state index < -0.39 is 0 Å². The molecule has 0 aliphatic heterocycles. The predicted molar refractivity (Wildman–Crippen MR) is 103 cm³/mol. The fourth-order valence-electron chi connectivity index (χ4n) is 2.92. The van der Waals surface area contributed by atoms with Crippen molar-refractivity contribution in [3.8, 4) is 28.7 Å². The van der Waals surface area contributed by atoms with Crippen LogP contribution in [0.2, 0.25) is 0 Å². The number of rotatable bonds is 3. The number of hydrogen-bond donors (Lipinski definition) is 0. The third-order valence-corrected chi connectivity index (χ3v) is 4.22. The molecule has 6 nitrogen and oxygen atoms in total. The molecule has 0 saturated heterocycles. The van der Waals surface area contributed by atoms with E-state index in [2.05, 4.69) is 21.3 Å². The molecular formula is C21H18N4O2. The Morgan fingerprint density at radius 1 is 0.889 bits per heavy atom. The van der Waals surface area contributed by atoms with Crippen LogP contribution in [-0.4, -0.2) is 19.9 Å². The molecule has 0 N–H and O–H groups in total. The summed E-state index contributed by atoms with van der Waals surface area (Å²) in [5, 5.41) is 8.41. The van der Waals surface area contributed by atoms with E-state index in [1.807, 2.05) is 57.2 Å². The highest BCUT2D eigenvalue weighted by Crippen LogP contribution is 2.20. The van der Waals surface area contributed by atoms with Gasteiger partial charge in [-0.2, -0.15) is 10.1 Å². The molecule has 0 unspecified atom stereocenters. The first-order chi connectivity index (χ1) is 13.0. The van der Waals surface area contributed by atoms with Crippen molar-refractivity contribution < 1.29 is 4.52 Å². The molecule has 0 spiro atoms. The van der Waals surface area contributed by atoms with Gasteiger partial charge in [-0.3, -0.25) is 4.79 Å². The molecule has 4 aromatic rings. The van der Waals surface area contributed by atoms with E-state index in [0.717, 1.165) is 27.9 Å². The van der Waals surface area contributed by atoms with Crippen molar-refractivity contribution in [3.05, 3.63) is 81.6 Å². The molecule has 0 bridgehead atoms. The average Bonchev–Trinajstić information content (AvgIpc) is 3.12. The summed E-state index contributed by atoms with van der Waals surface area (Å²) in [6.45, 7) is 6.05. The summed E-state index contributed by atoms with van der Waals surface area (Å²) in [6.07, 6.45) is 1.64. The van der Waals surface area contributed by atoms with E-state index in [0.29, 0.717) is 5.82 Å². The molecule has 0 saturated carbocycles. The first-order valence-corrected chi connectivity index (χ1v) is 8.59. The van der Waals surface area contributed by atoms with E-state index in [4.69, 9.17) is 4.52 Å². The fraction of sp³-hybridized carbons (Fsp3) is 0.143. The minimum atomic E-state index is -0.269. The highest BCUT2D eigenvalue weighted by atomic mass is 16.5. The minimum absolute atomic E-state index is 0.106. The van der Waals surface area contributed by atoms with Gasteiger partial charge in [-0.1, -0.05) is 41.1 Å². The second-order valence-corrected chi connectivity index (χ2v) is 6.61. The van der Waals surface area contributed by atoms with E-state index in [1.54, 1.807) is 10.9 Å². The fourth-order valence-corrected chi connectivity index (χ4v) is 2.92. The third-order valence-electron chi connectivity index (χ3n) is 4.22. The molecule has 2 aromatic heterocycles. The summed E-state index contributed by atoms with van der Waals surface area (Å²) in [5.41, 5.74) is 4.92. The SMILES string of the molecule is Cc1ccc(-c2noc(-c3nn(-c4cc(C)cc(C)c4)ccc3=O)n2)cc1. The van der Waals surface area contributed by atoms with Crippen LogP contribution >= 0.6 is 0 Å². The molecule has 4 rings (SSSR count). The minimum Gasteiger partial charge on any atom is -0.332 e. The number of nitrogens with zero attached hydrogens (tertiary/aromatic N) is 4. The van der Waals surface area contributed by atoms with Gasteiger partial charge in [0.15, 0.2) is 5.69 Å². The summed E-state index contributed by atoms with van der Waals surface area (Å²) in [6, 6.07) is 15.3. The van der Waals surface area contributed by atoms with Crippen molar-refractivity contribution in [2.75, 3.05) is 0 Å². The maximum Gasteiger partial charge on any atom is 0.282 e. The predicted octanol–water partition coefficient (Wildman–Crippen LogP) is 3.87. The molecule has 0 aliphatic carbocycles. The summed E-state index contributed by atoms with van der Waals surface area (Å²) < 4.78 is 6.96. The van der Waals surface area contributed by atoms with Gasteiger partial charge in [-0.25, -0.2) is 4.68 Å². The van der Waals surface area contributed by atoms with E-state index in [9.17, 15) is 4.79 Å². The topological polar surface area (TPSA) is 73.8 Å². The molecule has 134 valence electrons. The van der Waals surface area contributed by atoms with Crippen LogP contribution in [0.5, 0.6) is 0 Å². The van der Waals surface area contributed by atoms with Gasteiger partial charge in [0.1, 0.15) is 0 Å². The van der Waals surface area contributed by atoms with Crippen molar-refractivity contribution in [3.63, 3.8) is 0 Å². The molecule has 0 fully saturated rings. The number of hydrogen-bond acceptors (Lipinski definition) is 5. The molecule has 27 heavy (non-hydrogen) atoms. The normalized spacial score (nSPS) is 10.9. The van der Waals surface area contributed by atoms with Gasteiger partial charge in [0, 0.05) is 17.8 Å². The van der Waals surface area contributed by atoms with Crippen molar-refractivity contribution >= 4 is 0 Å². The zero-order chi connectivity index (χ0) is 19.0. The zero-order valence-corrected chi connectivity index (χ0v) is 15.3. The van der Waals surface area contributed by atoms with Gasteiger partial charge in [0.25, 0.3) is 5.89 Å². The van der Waals surface area contributed by atoms with E-state index >= 15 is 0 Å². The number of aromatic nitrogens is 4. The molecule has 0 radical (unpaired) electrons. The van der Waals surface area contributed by atoms with Gasteiger partial charge < -0.3 is 4.52 Å². The highest BCUT2D eigenvalue weighted by Gasteiger charge is 2.16. The van der Waals surface area contributed by atoms with E-state index in [1.165, 1.54) is 6.07 Å². The first-order valence-electron chi connectivity index (χ1n) is 8.59. The van der Waals surface area contributed by atoms with Crippen molar-refractivity contribution in [2.24, 2.45) is 0 Å². The molecule has 0 atom stereocenters. The van der Waals surface area contributed by atoms with Gasteiger partial charge in [0.05, 0.1) is 5.69 Å². The van der Waals surface area contributed by atoms with Crippen LogP contribution in [-0.2, 0) is 0 Å². The summed E-state index contributed by atoms with van der Waals surface area (Å²) in [4.78, 5) is 16.7. The van der Waals surface area contributed by atoms with Crippen LogP contribution in [0.3, 0.4) is 0 Å². The summed E-state index contributed by atoms with van der Waals surface area (Å²) >= 11 is 0. The Morgan fingerprint density at radius 2 is 1.59 bits per heavy atom. The maximum atomic E-state index is 12.3. The largest absolute Gasteiger partial charge is 0.332 e. The molecule has 0 amide bonds. The van der Waals surface area contributed by atoms with Gasteiger partial charge >= 0.3 is 0 Å². The Balaban J connectivity index is 1.76. The lowest BCUT2D eigenvalue weighted by atomic mass is 10.1. The lowest BCUT2D eigenvalue weighted by Gasteiger charge is -2.08. The van der Waals surface area contributed by atoms with Crippen molar-refractivity contribution in [1.82, 2.24) is 19.9 Å². The summed E-state index contributed by atoms with van der Waals surface area (Å²) in [5.74, 6) is 0.530. The quantitative estimate of drug-likeness (QED) is 0.556. The van der Waals surface area contributed by atoms with Crippen LogP contribution in [0.25, 0.3) is 28.7 Å². The Kier molecular flexibility index (Phi) is 4.16. The third kappa shape index (κ3) is 3.42. The maximum absolute atomic E-state index is 12.3. The van der Waals surface area contributed by atoms with Crippen LogP contribution in [0.15, 0.2) is 64.0 Å². The van der Waals surface area contributed by atoms with Gasteiger partial charge in [-0.15, -0.1) is 0 Å². The Bertz CT molecular complexity index is 1150. The highest BCUT2D eigenvalue weighted by molar-refractivity contribution is 5.58. The second-order valence-electron chi connectivity index (χ2n) is 6.61. The van der Waals surface area contributed by atoms with Gasteiger partial charge in [-0.05, 0) is 44.0 Å². The number of benzene rings is 2. The summed E-state index contributed by atoms with van der Waals surface area (Å²) in [7, 11) is 0.